The summed E-state index contributed by atoms with van der Waals surface area (Å²) >= 11 is 0. The number of fused-ring (bicyclic) bond motifs is 4. The predicted octanol–water partition coefficient (Wildman–Crippen LogP) is 2.65. The van der Waals surface area contributed by atoms with E-state index in [1.165, 1.54) is 40.1 Å². The Bertz CT molecular complexity index is 922. The Morgan fingerprint density at radius 3 is 2.45 bits per heavy atom. The average molecular weight is 294 g/mol. The summed E-state index contributed by atoms with van der Waals surface area (Å²) in [4.78, 5) is 8.56. The summed E-state index contributed by atoms with van der Waals surface area (Å²) in [5.74, 6) is 0. The van der Waals surface area contributed by atoms with Gasteiger partial charge in [0, 0.05) is 0 Å². The van der Waals surface area contributed by atoms with Crippen molar-refractivity contribution in [3.05, 3.63) is 68.4 Å². The van der Waals surface area contributed by atoms with Crippen LogP contribution in [-0.4, -0.2) is 16.4 Å². The van der Waals surface area contributed by atoms with Crippen molar-refractivity contribution in [2.24, 2.45) is 0 Å². The topological polar surface area (TPSA) is 57.5 Å². The van der Waals surface area contributed by atoms with E-state index in [2.05, 4.69) is 48.6 Å². The highest BCUT2D eigenvalue weighted by Crippen LogP contribution is 2.17. The number of hydrogen-bond acceptors (Lipinski definition) is 1. The van der Waals surface area contributed by atoms with Crippen LogP contribution in [0.2, 0.25) is 0 Å². The molecular weight excluding hydrogens is 276 g/mol. The number of hydrogen-bond donors (Lipinski definition) is 2. The number of carbonyl (C=O) groups is 1. The van der Waals surface area contributed by atoms with E-state index in [9.17, 15) is 0 Å². The van der Waals surface area contributed by atoms with Crippen LogP contribution in [0.25, 0.3) is 12.2 Å². The Labute approximate surface area is 128 Å². The van der Waals surface area contributed by atoms with Crippen LogP contribution in [-0.2, 0) is 12.8 Å². The molecule has 4 rings (SSSR count). The zero-order valence-electron chi connectivity index (χ0n) is 12.2. The van der Waals surface area contributed by atoms with Crippen LogP contribution >= 0.6 is 0 Å². The molecule has 0 heterocycles. The normalized spacial score (nSPS) is 14.0. The molecule has 0 fully saturated rings. The van der Waals surface area contributed by atoms with Crippen LogP contribution in [0.1, 0.15) is 24.0 Å². The molecule has 2 aromatic carbocycles. The smallest absolute Gasteiger partial charge is 0.450 e. The molecule has 2 aliphatic rings. The van der Waals surface area contributed by atoms with Gasteiger partial charge in [0.2, 0.25) is 0 Å². The molecule has 0 atom stereocenters. The fraction of sp³-hybridized carbons (Fsp3) is 0.211. The Balaban J connectivity index is 0.000000325. The highest BCUT2D eigenvalue weighted by atomic mass is 16.6. The molecule has 22 heavy (non-hydrogen) atoms. The van der Waals surface area contributed by atoms with Crippen LogP contribution in [0.15, 0.2) is 36.4 Å². The van der Waals surface area contributed by atoms with Crippen LogP contribution in [0.3, 0.4) is 0 Å². The quantitative estimate of drug-likeness (QED) is 0.785. The van der Waals surface area contributed by atoms with Gasteiger partial charge in [0.1, 0.15) is 0 Å². The van der Waals surface area contributed by atoms with Gasteiger partial charge in [-0.2, -0.15) is 0 Å². The van der Waals surface area contributed by atoms with Gasteiger partial charge in [-0.15, -0.1) is 0 Å². The number of benzene rings is 2. The van der Waals surface area contributed by atoms with Gasteiger partial charge in [-0.3, -0.25) is 0 Å². The summed E-state index contributed by atoms with van der Waals surface area (Å²) in [6.07, 6.45) is 7.86. The van der Waals surface area contributed by atoms with Crippen LogP contribution < -0.4 is 10.4 Å². The van der Waals surface area contributed by atoms with Gasteiger partial charge in [-0.1, -0.05) is 48.6 Å². The van der Waals surface area contributed by atoms with Crippen LogP contribution in [0, 0.1) is 10.4 Å². The molecule has 0 aromatic heterocycles. The Morgan fingerprint density at radius 1 is 0.864 bits per heavy atom. The molecule has 0 aliphatic heterocycles. The molecule has 0 saturated heterocycles. The molecule has 0 radical (unpaired) electrons. The molecule has 2 N–H and O–H groups in total. The van der Waals surface area contributed by atoms with Gasteiger partial charge in [-0.25, -0.2) is 4.79 Å². The molecule has 2 aromatic rings. The molecular formula is C19H18O3. The second kappa shape index (κ2) is 6.06. The highest BCUT2D eigenvalue weighted by molar-refractivity contribution is 5.53. The minimum atomic E-state index is -1.83. The summed E-state index contributed by atoms with van der Waals surface area (Å²) in [7, 11) is 0. The van der Waals surface area contributed by atoms with Gasteiger partial charge in [0.25, 0.3) is 0 Å². The third kappa shape index (κ3) is 2.75. The van der Waals surface area contributed by atoms with E-state index in [1.807, 2.05) is 0 Å². The van der Waals surface area contributed by atoms with E-state index < -0.39 is 6.16 Å². The molecule has 3 nitrogen and oxygen atoms in total. The molecule has 2 aliphatic carbocycles. The highest BCUT2D eigenvalue weighted by Gasteiger charge is 2.10. The van der Waals surface area contributed by atoms with Crippen LogP contribution in [0.4, 0.5) is 4.79 Å². The van der Waals surface area contributed by atoms with E-state index in [0.717, 1.165) is 6.42 Å². The van der Waals surface area contributed by atoms with Gasteiger partial charge < -0.3 is 10.2 Å². The van der Waals surface area contributed by atoms with E-state index in [0.29, 0.717) is 0 Å². The van der Waals surface area contributed by atoms with Crippen molar-refractivity contribution in [3.8, 4) is 0 Å². The fourth-order valence-corrected chi connectivity index (χ4v) is 3.35. The first kappa shape index (κ1) is 14.4. The first-order valence-electron chi connectivity index (χ1n) is 7.49. The summed E-state index contributed by atoms with van der Waals surface area (Å²) in [5.41, 5.74) is 3.17. The lowest BCUT2D eigenvalue weighted by Crippen LogP contribution is -2.19. The molecule has 0 amide bonds. The molecule has 3 heteroatoms. The van der Waals surface area contributed by atoms with Crippen molar-refractivity contribution in [2.45, 2.75) is 25.7 Å². The summed E-state index contributed by atoms with van der Waals surface area (Å²) in [5, 5.41) is 19.7. The minimum Gasteiger partial charge on any atom is -0.450 e. The fourth-order valence-electron chi connectivity index (χ4n) is 3.35. The monoisotopic (exact) mass is 294 g/mol. The predicted molar refractivity (Wildman–Crippen MR) is 86.0 cm³/mol. The lowest BCUT2D eigenvalue weighted by molar-refractivity contribution is 0.137. The summed E-state index contributed by atoms with van der Waals surface area (Å²) in [6, 6.07) is 13.4. The van der Waals surface area contributed by atoms with Crippen molar-refractivity contribution in [1.82, 2.24) is 0 Å². The maximum Gasteiger partial charge on any atom is 0.503 e. The van der Waals surface area contributed by atoms with E-state index in [1.54, 1.807) is 11.1 Å². The molecule has 0 saturated carbocycles. The first-order chi connectivity index (χ1) is 10.7. The molecule has 0 unspecified atom stereocenters. The van der Waals surface area contributed by atoms with Crippen molar-refractivity contribution < 1.29 is 15.0 Å². The standard InChI is InChI=1S/C18H16.CH2O3/c1-3-7-15-13(5-1)9-11-18-16-8-4-2-6-14(16)10-12-17(15)18;2-1(3)4/h1,3,5-7,9-10,12H,2,4,8,11H2;(H2,2,3,4). The second-order valence-corrected chi connectivity index (χ2v) is 5.53. The molecule has 112 valence electrons. The molecule has 0 bridgehead atoms. The van der Waals surface area contributed by atoms with E-state index >= 15 is 0 Å². The second-order valence-electron chi connectivity index (χ2n) is 5.53. The summed E-state index contributed by atoms with van der Waals surface area (Å²) in [6.45, 7) is 0. The average Bonchev–Trinajstić information content (AvgIpc) is 2.54. The lowest BCUT2D eigenvalue weighted by atomic mass is 9.89. The maximum absolute atomic E-state index is 8.56. The van der Waals surface area contributed by atoms with Crippen molar-refractivity contribution in [1.29, 1.82) is 0 Å². The van der Waals surface area contributed by atoms with Crippen LogP contribution in [0.5, 0.6) is 0 Å². The maximum atomic E-state index is 8.56. The Morgan fingerprint density at radius 2 is 1.64 bits per heavy atom. The zero-order valence-corrected chi connectivity index (χ0v) is 12.2. The SMILES string of the molecule is C1=c2ccc3c(c2CCC1)CC=c1ccccc1=3.O=C(O)O. The lowest BCUT2D eigenvalue weighted by Gasteiger charge is -2.16. The van der Waals surface area contributed by atoms with Crippen molar-refractivity contribution in [3.63, 3.8) is 0 Å². The minimum absolute atomic E-state index is 1.10. The Hall–Kier alpha value is -2.55. The Kier molecular flexibility index (Phi) is 3.96. The van der Waals surface area contributed by atoms with Gasteiger partial charge in [0.05, 0.1) is 0 Å². The number of carboxylic acid groups (broad SMARTS) is 2. The third-order valence-corrected chi connectivity index (χ3v) is 4.24. The van der Waals surface area contributed by atoms with E-state index in [4.69, 9.17) is 15.0 Å². The van der Waals surface area contributed by atoms with E-state index in [-0.39, 0.29) is 0 Å². The van der Waals surface area contributed by atoms with Gasteiger partial charge >= 0.3 is 6.16 Å². The zero-order chi connectivity index (χ0) is 15.5. The summed E-state index contributed by atoms with van der Waals surface area (Å²) < 4.78 is 0. The number of rotatable bonds is 0. The van der Waals surface area contributed by atoms with Crippen molar-refractivity contribution >= 4 is 18.3 Å². The van der Waals surface area contributed by atoms with Crippen molar-refractivity contribution in [2.75, 3.05) is 0 Å². The molecule has 0 spiro atoms. The first-order valence-corrected chi connectivity index (χ1v) is 7.49. The van der Waals surface area contributed by atoms with Gasteiger partial charge in [-0.05, 0) is 57.7 Å². The third-order valence-electron chi connectivity index (χ3n) is 4.24. The van der Waals surface area contributed by atoms with Gasteiger partial charge in [0.15, 0.2) is 0 Å². The largest absolute Gasteiger partial charge is 0.503 e.